The predicted octanol–water partition coefficient (Wildman–Crippen LogP) is 2.56. The lowest BCUT2D eigenvalue weighted by Crippen LogP contribution is -2.45. The van der Waals surface area contributed by atoms with Crippen molar-refractivity contribution < 1.29 is 4.74 Å². The van der Waals surface area contributed by atoms with Gasteiger partial charge in [-0.2, -0.15) is 0 Å². The second-order valence-corrected chi connectivity index (χ2v) is 7.19. The van der Waals surface area contributed by atoms with Gasteiger partial charge in [0.1, 0.15) is 0 Å². The number of ether oxygens (including phenoxy) is 1. The molecule has 2 fully saturated rings. The molecular formula is C16H32N2O. The van der Waals surface area contributed by atoms with Gasteiger partial charge in [0.15, 0.2) is 0 Å². The van der Waals surface area contributed by atoms with E-state index in [-0.39, 0.29) is 0 Å². The van der Waals surface area contributed by atoms with Gasteiger partial charge in [0.05, 0.1) is 0 Å². The molecule has 0 bridgehead atoms. The summed E-state index contributed by atoms with van der Waals surface area (Å²) < 4.78 is 5.21. The smallest absolute Gasteiger partial charge is 0.0467 e. The van der Waals surface area contributed by atoms with E-state index in [1.807, 2.05) is 0 Å². The van der Waals surface area contributed by atoms with Gasteiger partial charge in [-0.25, -0.2) is 0 Å². The van der Waals surface area contributed by atoms with Gasteiger partial charge < -0.3 is 15.4 Å². The molecule has 0 radical (unpaired) electrons. The first-order valence-electron chi connectivity index (χ1n) is 8.08. The van der Waals surface area contributed by atoms with Crippen LogP contribution in [0.3, 0.4) is 0 Å². The molecule has 2 aliphatic rings. The molecule has 0 spiro atoms. The standard InChI is InChI=1S/C16H32N2O/c1-16(2,9-11-19-3)12-18-15-7-4-6-13(15)14-8-5-10-17-14/h13-15,17-18H,4-12H2,1-3H3. The van der Waals surface area contributed by atoms with E-state index in [1.165, 1.54) is 38.6 Å². The molecule has 112 valence electrons. The Hall–Kier alpha value is -0.120. The summed E-state index contributed by atoms with van der Waals surface area (Å²) in [6, 6.07) is 1.51. The highest BCUT2D eigenvalue weighted by atomic mass is 16.5. The SMILES string of the molecule is COCCC(C)(C)CNC1CCCC1C1CCCN1. The van der Waals surface area contributed by atoms with Crippen LogP contribution >= 0.6 is 0 Å². The predicted molar refractivity (Wildman–Crippen MR) is 80.4 cm³/mol. The van der Waals surface area contributed by atoms with E-state index in [0.29, 0.717) is 5.41 Å². The second-order valence-electron chi connectivity index (χ2n) is 7.19. The topological polar surface area (TPSA) is 33.3 Å². The first-order valence-corrected chi connectivity index (χ1v) is 8.08. The number of hydrogen-bond donors (Lipinski definition) is 2. The summed E-state index contributed by atoms with van der Waals surface area (Å²) in [4.78, 5) is 0. The van der Waals surface area contributed by atoms with Crippen molar-refractivity contribution in [3.8, 4) is 0 Å². The summed E-state index contributed by atoms with van der Waals surface area (Å²) in [6.45, 7) is 7.90. The molecule has 1 aliphatic carbocycles. The van der Waals surface area contributed by atoms with Gasteiger partial charge >= 0.3 is 0 Å². The Morgan fingerprint density at radius 1 is 1.21 bits per heavy atom. The van der Waals surface area contributed by atoms with E-state index in [4.69, 9.17) is 4.74 Å². The minimum atomic E-state index is 0.340. The van der Waals surface area contributed by atoms with Crippen molar-refractivity contribution in [3.05, 3.63) is 0 Å². The summed E-state index contributed by atoms with van der Waals surface area (Å²) in [5.41, 5.74) is 0.340. The summed E-state index contributed by atoms with van der Waals surface area (Å²) in [7, 11) is 1.79. The molecule has 1 heterocycles. The highest BCUT2D eigenvalue weighted by Crippen LogP contribution is 2.32. The van der Waals surface area contributed by atoms with E-state index in [2.05, 4.69) is 24.5 Å². The van der Waals surface area contributed by atoms with Crippen LogP contribution in [0.15, 0.2) is 0 Å². The Morgan fingerprint density at radius 3 is 2.74 bits per heavy atom. The maximum absolute atomic E-state index is 5.21. The number of nitrogens with one attached hydrogen (secondary N) is 2. The lowest BCUT2D eigenvalue weighted by molar-refractivity contribution is 0.146. The average molecular weight is 268 g/mol. The monoisotopic (exact) mass is 268 g/mol. The van der Waals surface area contributed by atoms with Gasteiger partial charge in [0.2, 0.25) is 0 Å². The molecule has 0 aromatic carbocycles. The summed E-state index contributed by atoms with van der Waals surface area (Å²) in [5, 5.41) is 7.56. The van der Waals surface area contributed by atoms with Crippen molar-refractivity contribution in [3.63, 3.8) is 0 Å². The van der Waals surface area contributed by atoms with E-state index in [9.17, 15) is 0 Å². The second kappa shape index (κ2) is 7.05. The average Bonchev–Trinajstić information content (AvgIpc) is 3.04. The Balaban J connectivity index is 1.77. The number of hydrogen-bond acceptors (Lipinski definition) is 3. The third kappa shape index (κ3) is 4.44. The zero-order valence-corrected chi connectivity index (χ0v) is 13.0. The third-order valence-electron chi connectivity index (χ3n) is 5.01. The molecule has 0 aromatic rings. The molecule has 1 aliphatic heterocycles. The lowest BCUT2D eigenvalue weighted by atomic mass is 9.88. The molecule has 1 saturated carbocycles. The van der Waals surface area contributed by atoms with Crippen LogP contribution in [0.2, 0.25) is 0 Å². The van der Waals surface area contributed by atoms with Crippen molar-refractivity contribution >= 4 is 0 Å². The van der Waals surface area contributed by atoms with Crippen molar-refractivity contribution in [1.82, 2.24) is 10.6 Å². The fourth-order valence-corrected chi connectivity index (χ4v) is 3.67. The maximum Gasteiger partial charge on any atom is 0.0467 e. The molecule has 3 unspecified atom stereocenters. The molecule has 0 aromatic heterocycles. The molecule has 2 N–H and O–H groups in total. The van der Waals surface area contributed by atoms with Crippen molar-refractivity contribution in [1.29, 1.82) is 0 Å². The largest absolute Gasteiger partial charge is 0.385 e. The maximum atomic E-state index is 5.21. The Labute approximate surface area is 118 Å². The molecule has 2 rings (SSSR count). The quantitative estimate of drug-likeness (QED) is 0.744. The van der Waals surface area contributed by atoms with Gasteiger partial charge in [-0.05, 0) is 50.0 Å². The van der Waals surface area contributed by atoms with E-state index in [0.717, 1.165) is 37.6 Å². The van der Waals surface area contributed by atoms with Crippen molar-refractivity contribution in [2.24, 2.45) is 11.3 Å². The third-order valence-corrected chi connectivity index (χ3v) is 5.01. The van der Waals surface area contributed by atoms with E-state index >= 15 is 0 Å². The molecule has 3 atom stereocenters. The number of methoxy groups -OCH3 is 1. The first-order chi connectivity index (χ1) is 9.12. The molecule has 0 amide bonds. The minimum absolute atomic E-state index is 0.340. The van der Waals surface area contributed by atoms with Gasteiger partial charge in [-0.1, -0.05) is 20.3 Å². The van der Waals surface area contributed by atoms with Crippen LogP contribution in [0.1, 0.15) is 52.4 Å². The summed E-state index contributed by atoms with van der Waals surface area (Å²) >= 11 is 0. The van der Waals surface area contributed by atoms with Gasteiger partial charge in [0.25, 0.3) is 0 Å². The zero-order valence-electron chi connectivity index (χ0n) is 13.0. The normalized spacial score (nSPS) is 32.1. The summed E-state index contributed by atoms with van der Waals surface area (Å²) in [6.07, 6.45) is 8.06. The molecule has 3 nitrogen and oxygen atoms in total. The molecule has 19 heavy (non-hydrogen) atoms. The highest BCUT2D eigenvalue weighted by Gasteiger charge is 2.35. The van der Waals surface area contributed by atoms with Crippen LogP contribution in [-0.2, 0) is 4.74 Å². The van der Waals surface area contributed by atoms with E-state index in [1.54, 1.807) is 7.11 Å². The Morgan fingerprint density at radius 2 is 2.05 bits per heavy atom. The van der Waals surface area contributed by atoms with Crippen LogP contribution in [0.25, 0.3) is 0 Å². The Bertz CT molecular complexity index is 261. The fourth-order valence-electron chi connectivity index (χ4n) is 3.67. The van der Waals surface area contributed by atoms with Gasteiger partial charge in [-0.3, -0.25) is 0 Å². The van der Waals surface area contributed by atoms with Crippen LogP contribution in [0, 0.1) is 11.3 Å². The van der Waals surface area contributed by atoms with Crippen LogP contribution < -0.4 is 10.6 Å². The fraction of sp³-hybridized carbons (Fsp3) is 1.00. The lowest BCUT2D eigenvalue weighted by Gasteiger charge is -2.31. The van der Waals surface area contributed by atoms with Gasteiger partial charge in [0, 0.05) is 32.3 Å². The van der Waals surface area contributed by atoms with E-state index < -0.39 is 0 Å². The van der Waals surface area contributed by atoms with Crippen LogP contribution in [0.5, 0.6) is 0 Å². The van der Waals surface area contributed by atoms with Crippen LogP contribution in [0.4, 0.5) is 0 Å². The minimum Gasteiger partial charge on any atom is -0.385 e. The van der Waals surface area contributed by atoms with Crippen molar-refractivity contribution in [2.75, 3.05) is 26.8 Å². The Kier molecular flexibility index (Phi) is 5.67. The first kappa shape index (κ1) is 15.3. The zero-order chi connectivity index (χ0) is 13.7. The number of rotatable bonds is 7. The molecule has 3 heteroatoms. The summed E-state index contributed by atoms with van der Waals surface area (Å²) in [5.74, 6) is 0.862. The van der Waals surface area contributed by atoms with Gasteiger partial charge in [-0.15, -0.1) is 0 Å². The molecule has 1 saturated heterocycles. The van der Waals surface area contributed by atoms with Crippen molar-refractivity contribution in [2.45, 2.75) is 64.5 Å². The molecular weight excluding hydrogens is 236 g/mol. The highest BCUT2D eigenvalue weighted by molar-refractivity contribution is 4.93. The van der Waals surface area contributed by atoms with Crippen LogP contribution in [-0.4, -0.2) is 38.9 Å².